The third-order valence-corrected chi connectivity index (χ3v) is 4.89. The predicted molar refractivity (Wildman–Crippen MR) is 86.5 cm³/mol. The average Bonchev–Trinajstić information content (AvgIpc) is 2.78. The van der Waals surface area contributed by atoms with Gasteiger partial charge in [0.25, 0.3) is 0 Å². The molecule has 1 heterocycles. The monoisotopic (exact) mass is 302 g/mol. The van der Waals surface area contributed by atoms with Gasteiger partial charge in [-0.1, -0.05) is 37.3 Å². The van der Waals surface area contributed by atoms with E-state index in [2.05, 4.69) is 41.4 Å². The standard InChI is InChI=1S/C18H26N2O2/c1-13-15-11-20(10-14-8-6-5-7-9-14)12-18(13,15)19-16(21)22-17(2,3)4/h5-9,13,15H,10-12H2,1-4H3,(H,19,21)/t13-,15+,18+/m1/s1. The van der Waals surface area contributed by atoms with Crippen LogP contribution in [0.5, 0.6) is 0 Å². The number of carbonyl (C=O) groups excluding carboxylic acids is 1. The van der Waals surface area contributed by atoms with E-state index in [0.29, 0.717) is 11.8 Å². The first-order valence-corrected chi connectivity index (χ1v) is 8.08. The van der Waals surface area contributed by atoms with Crippen LogP contribution >= 0.6 is 0 Å². The predicted octanol–water partition coefficient (Wildman–Crippen LogP) is 3.03. The van der Waals surface area contributed by atoms with Crippen molar-refractivity contribution in [3.05, 3.63) is 35.9 Å². The Labute approximate surface area is 132 Å². The molecule has 0 unspecified atom stereocenters. The lowest BCUT2D eigenvalue weighted by Crippen LogP contribution is -2.45. The number of ether oxygens (including phenoxy) is 1. The Morgan fingerprint density at radius 2 is 2.05 bits per heavy atom. The van der Waals surface area contributed by atoms with Crippen LogP contribution in [0.2, 0.25) is 0 Å². The molecule has 0 radical (unpaired) electrons. The van der Waals surface area contributed by atoms with Crippen LogP contribution in [0.1, 0.15) is 33.3 Å². The Morgan fingerprint density at radius 1 is 1.36 bits per heavy atom. The number of piperidine rings is 1. The molecule has 120 valence electrons. The third kappa shape index (κ3) is 2.98. The van der Waals surface area contributed by atoms with Crippen molar-refractivity contribution in [2.45, 2.75) is 45.4 Å². The molecule has 2 aliphatic rings. The van der Waals surface area contributed by atoms with E-state index in [1.165, 1.54) is 5.56 Å². The van der Waals surface area contributed by atoms with Crippen LogP contribution in [0.4, 0.5) is 4.79 Å². The zero-order valence-electron chi connectivity index (χ0n) is 13.9. The lowest BCUT2D eigenvalue weighted by molar-refractivity contribution is 0.0486. The number of hydrogen-bond acceptors (Lipinski definition) is 3. The number of fused-ring (bicyclic) bond motifs is 1. The molecule has 3 rings (SSSR count). The topological polar surface area (TPSA) is 41.6 Å². The van der Waals surface area contributed by atoms with E-state index in [9.17, 15) is 4.79 Å². The first-order valence-electron chi connectivity index (χ1n) is 8.08. The molecule has 1 saturated carbocycles. The van der Waals surface area contributed by atoms with Gasteiger partial charge in [-0.3, -0.25) is 4.90 Å². The van der Waals surface area contributed by atoms with Crippen molar-refractivity contribution in [3.63, 3.8) is 0 Å². The Balaban J connectivity index is 1.59. The Hall–Kier alpha value is -1.55. The Morgan fingerprint density at radius 3 is 2.68 bits per heavy atom. The molecule has 0 aromatic heterocycles. The fourth-order valence-electron chi connectivity index (χ4n) is 3.72. The van der Waals surface area contributed by atoms with Crippen molar-refractivity contribution in [2.75, 3.05) is 13.1 Å². The van der Waals surface area contributed by atoms with E-state index < -0.39 is 5.60 Å². The number of carbonyl (C=O) groups is 1. The van der Waals surface area contributed by atoms with E-state index in [1.54, 1.807) is 0 Å². The Bertz CT molecular complexity index is 552. The lowest BCUT2D eigenvalue weighted by Gasteiger charge is -2.25. The third-order valence-electron chi connectivity index (χ3n) is 4.89. The van der Waals surface area contributed by atoms with Crippen LogP contribution in [-0.4, -0.2) is 35.2 Å². The van der Waals surface area contributed by atoms with Crippen LogP contribution in [0.3, 0.4) is 0 Å². The van der Waals surface area contributed by atoms with Gasteiger partial charge in [-0.15, -0.1) is 0 Å². The van der Waals surface area contributed by atoms with E-state index in [4.69, 9.17) is 4.74 Å². The van der Waals surface area contributed by atoms with Crippen molar-refractivity contribution in [3.8, 4) is 0 Å². The molecule has 3 atom stereocenters. The molecule has 4 heteroatoms. The molecule has 1 saturated heterocycles. The summed E-state index contributed by atoms with van der Waals surface area (Å²) in [6.07, 6.45) is -0.289. The summed E-state index contributed by atoms with van der Waals surface area (Å²) in [6.45, 7) is 10.8. The summed E-state index contributed by atoms with van der Waals surface area (Å²) in [5.41, 5.74) is 0.789. The number of likely N-dealkylation sites (tertiary alicyclic amines) is 1. The fourth-order valence-corrected chi connectivity index (χ4v) is 3.72. The summed E-state index contributed by atoms with van der Waals surface area (Å²) in [7, 11) is 0. The number of alkyl carbamates (subject to hydrolysis) is 1. The van der Waals surface area contributed by atoms with Gasteiger partial charge in [0.2, 0.25) is 0 Å². The highest BCUT2D eigenvalue weighted by Crippen LogP contribution is 2.55. The van der Waals surface area contributed by atoms with Crippen molar-refractivity contribution in [1.29, 1.82) is 0 Å². The second kappa shape index (κ2) is 5.27. The van der Waals surface area contributed by atoms with Crippen LogP contribution in [-0.2, 0) is 11.3 Å². The summed E-state index contributed by atoms with van der Waals surface area (Å²) in [6, 6.07) is 10.5. The van der Waals surface area contributed by atoms with Crippen LogP contribution in [0, 0.1) is 11.8 Å². The minimum Gasteiger partial charge on any atom is -0.444 e. The van der Waals surface area contributed by atoms with Crippen molar-refractivity contribution in [1.82, 2.24) is 10.2 Å². The molecule has 0 spiro atoms. The smallest absolute Gasteiger partial charge is 0.408 e. The van der Waals surface area contributed by atoms with Crippen molar-refractivity contribution < 1.29 is 9.53 Å². The summed E-state index contributed by atoms with van der Waals surface area (Å²) >= 11 is 0. The second-order valence-electron chi connectivity index (χ2n) is 7.72. The normalized spacial score (nSPS) is 30.7. The number of hydrogen-bond donors (Lipinski definition) is 1. The first kappa shape index (κ1) is 15.3. The zero-order chi connectivity index (χ0) is 16.0. The largest absolute Gasteiger partial charge is 0.444 e. The number of nitrogens with one attached hydrogen (secondary N) is 1. The molecular weight excluding hydrogens is 276 g/mol. The van der Waals surface area contributed by atoms with Crippen molar-refractivity contribution >= 4 is 6.09 Å². The lowest BCUT2D eigenvalue weighted by atomic mass is 10.2. The van der Waals surface area contributed by atoms with Gasteiger partial charge in [-0.25, -0.2) is 4.79 Å². The summed E-state index contributed by atoms with van der Waals surface area (Å²) in [5, 5.41) is 3.15. The zero-order valence-corrected chi connectivity index (χ0v) is 13.9. The number of rotatable bonds is 3. The highest BCUT2D eigenvalue weighted by molar-refractivity contribution is 5.70. The van der Waals surface area contributed by atoms with Gasteiger partial charge in [-0.2, -0.15) is 0 Å². The molecular formula is C18H26N2O2. The van der Waals surface area contributed by atoms with Gasteiger partial charge in [0.15, 0.2) is 0 Å². The summed E-state index contributed by atoms with van der Waals surface area (Å²) in [5.74, 6) is 1.08. The van der Waals surface area contributed by atoms with Gasteiger partial charge >= 0.3 is 6.09 Å². The highest BCUT2D eigenvalue weighted by Gasteiger charge is 2.67. The number of amides is 1. The summed E-state index contributed by atoms with van der Waals surface area (Å²) < 4.78 is 5.42. The van der Waals surface area contributed by atoms with E-state index in [0.717, 1.165) is 19.6 Å². The van der Waals surface area contributed by atoms with Gasteiger partial charge < -0.3 is 10.1 Å². The number of benzene rings is 1. The van der Waals surface area contributed by atoms with Crippen molar-refractivity contribution in [2.24, 2.45) is 11.8 Å². The highest BCUT2D eigenvalue weighted by atomic mass is 16.6. The maximum absolute atomic E-state index is 12.1. The Kier molecular flexibility index (Phi) is 3.68. The molecule has 1 aliphatic heterocycles. The molecule has 4 nitrogen and oxygen atoms in total. The van der Waals surface area contributed by atoms with Crippen LogP contribution in [0.25, 0.3) is 0 Å². The maximum Gasteiger partial charge on any atom is 0.408 e. The van der Waals surface area contributed by atoms with Crippen LogP contribution < -0.4 is 5.32 Å². The van der Waals surface area contributed by atoms with Gasteiger partial charge in [-0.05, 0) is 32.3 Å². The van der Waals surface area contributed by atoms with Gasteiger partial charge in [0, 0.05) is 25.6 Å². The summed E-state index contributed by atoms with van der Waals surface area (Å²) in [4.78, 5) is 14.5. The number of nitrogens with zero attached hydrogens (tertiary/aromatic N) is 1. The molecule has 22 heavy (non-hydrogen) atoms. The molecule has 1 aliphatic carbocycles. The first-order chi connectivity index (χ1) is 10.3. The van der Waals surface area contributed by atoms with E-state index >= 15 is 0 Å². The minimum absolute atomic E-state index is 0.0862. The second-order valence-corrected chi connectivity index (χ2v) is 7.72. The van der Waals surface area contributed by atoms with Gasteiger partial charge in [0.05, 0.1) is 5.54 Å². The average molecular weight is 302 g/mol. The molecule has 2 fully saturated rings. The SMILES string of the molecule is C[C@@H]1[C@@H]2CN(Cc3ccccc3)C[C@]12NC(=O)OC(C)(C)C. The fraction of sp³-hybridized carbons (Fsp3) is 0.611. The minimum atomic E-state index is -0.448. The molecule has 1 aromatic carbocycles. The molecule has 0 bridgehead atoms. The van der Waals surface area contributed by atoms with Crippen LogP contribution in [0.15, 0.2) is 30.3 Å². The quantitative estimate of drug-likeness (QED) is 0.933. The van der Waals surface area contributed by atoms with E-state index in [1.807, 2.05) is 26.8 Å². The molecule has 1 aromatic rings. The molecule has 1 amide bonds. The van der Waals surface area contributed by atoms with Gasteiger partial charge in [0.1, 0.15) is 5.60 Å². The molecule has 1 N–H and O–H groups in total. The maximum atomic E-state index is 12.1. The van der Waals surface area contributed by atoms with E-state index in [-0.39, 0.29) is 11.6 Å².